The summed E-state index contributed by atoms with van der Waals surface area (Å²) in [5.74, 6) is 0.415. The lowest BCUT2D eigenvalue weighted by Crippen LogP contribution is -2.13. The van der Waals surface area contributed by atoms with Crippen LogP contribution in [0, 0.1) is 0 Å². The monoisotopic (exact) mass is 491 g/mol. The maximum absolute atomic E-state index is 12.9. The Morgan fingerprint density at radius 2 is 1.85 bits per heavy atom. The third-order valence-corrected chi connectivity index (χ3v) is 6.66. The average molecular weight is 492 g/mol. The molecule has 3 aromatic heterocycles. The van der Waals surface area contributed by atoms with E-state index in [1.165, 1.54) is 23.1 Å². The molecule has 7 nitrogen and oxygen atoms in total. The molecule has 0 aliphatic heterocycles. The van der Waals surface area contributed by atoms with Crippen LogP contribution in [0.5, 0.6) is 11.6 Å². The number of anilines is 1. The summed E-state index contributed by atoms with van der Waals surface area (Å²) < 4.78 is 6.46. The van der Waals surface area contributed by atoms with Gasteiger partial charge in [0.1, 0.15) is 11.3 Å². The highest BCUT2D eigenvalue weighted by atomic mass is 35.5. The van der Waals surface area contributed by atoms with Crippen LogP contribution in [0.3, 0.4) is 0 Å². The first-order valence-electron chi connectivity index (χ1n) is 9.70. The van der Waals surface area contributed by atoms with Gasteiger partial charge in [-0.1, -0.05) is 59.0 Å². The zero-order valence-electron chi connectivity index (χ0n) is 16.8. The van der Waals surface area contributed by atoms with Crippen molar-refractivity contribution in [2.24, 2.45) is 0 Å². The van der Waals surface area contributed by atoms with Crippen molar-refractivity contribution in [1.29, 1.82) is 0 Å². The summed E-state index contributed by atoms with van der Waals surface area (Å²) in [6.45, 7) is 0. The molecule has 3 heterocycles. The fraction of sp³-hybridized carbons (Fsp3) is 0. The number of pyridine rings is 2. The topological polar surface area (TPSA) is 89.9 Å². The summed E-state index contributed by atoms with van der Waals surface area (Å²) in [5, 5.41) is 13.0. The number of amides is 1. The van der Waals surface area contributed by atoms with Crippen LogP contribution < -0.4 is 10.1 Å². The molecule has 5 rings (SSSR count). The van der Waals surface area contributed by atoms with Crippen molar-refractivity contribution in [3.05, 3.63) is 89.7 Å². The van der Waals surface area contributed by atoms with Gasteiger partial charge in [-0.05, 0) is 42.5 Å². The van der Waals surface area contributed by atoms with Crippen LogP contribution in [0.25, 0.3) is 10.9 Å². The summed E-state index contributed by atoms with van der Waals surface area (Å²) in [5.41, 5.74) is 1.09. The van der Waals surface area contributed by atoms with Crippen molar-refractivity contribution in [3.63, 3.8) is 0 Å². The first-order valence-corrected chi connectivity index (χ1v) is 11.7. The molecule has 162 valence electrons. The molecule has 0 aliphatic carbocycles. The van der Waals surface area contributed by atoms with E-state index in [-0.39, 0.29) is 11.8 Å². The number of fused-ring (bicyclic) bond motifs is 1. The smallest absolute Gasteiger partial charge is 0.262 e. The van der Waals surface area contributed by atoms with Crippen LogP contribution in [0.15, 0.2) is 88.4 Å². The third kappa shape index (κ3) is 4.95. The van der Waals surface area contributed by atoms with Crippen molar-refractivity contribution in [2.45, 2.75) is 9.24 Å². The molecule has 0 unspecified atom stereocenters. The number of nitrogens with one attached hydrogen (secondary N) is 1. The summed E-state index contributed by atoms with van der Waals surface area (Å²) in [7, 11) is 0. The van der Waals surface area contributed by atoms with Gasteiger partial charge < -0.3 is 4.74 Å². The van der Waals surface area contributed by atoms with Gasteiger partial charge >= 0.3 is 0 Å². The van der Waals surface area contributed by atoms with Gasteiger partial charge in [0.25, 0.3) is 5.91 Å². The number of nitrogens with zero attached hydrogens (tertiary/aromatic N) is 4. The van der Waals surface area contributed by atoms with E-state index in [4.69, 9.17) is 16.3 Å². The van der Waals surface area contributed by atoms with E-state index in [0.29, 0.717) is 25.8 Å². The maximum Gasteiger partial charge on any atom is 0.262 e. The lowest BCUT2D eigenvalue weighted by molar-refractivity contribution is 0.102. The first-order chi connectivity index (χ1) is 16.2. The molecule has 0 bridgehead atoms. The number of carbonyl (C=O) groups excluding carboxylic acids is 1. The van der Waals surface area contributed by atoms with Gasteiger partial charge in [0.05, 0.1) is 5.52 Å². The fourth-order valence-electron chi connectivity index (χ4n) is 2.99. The SMILES string of the molecule is O=C(Nc1nnc(Sc2ccnc3cc(Cl)ccc23)s1)c1cccnc1Oc1ccccc1. The Morgan fingerprint density at radius 3 is 2.73 bits per heavy atom. The molecular weight excluding hydrogens is 478 g/mol. The largest absolute Gasteiger partial charge is 0.438 e. The zero-order chi connectivity index (χ0) is 22.6. The van der Waals surface area contributed by atoms with Gasteiger partial charge in [0, 0.05) is 27.7 Å². The summed E-state index contributed by atoms with van der Waals surface area (Å²) >= 11 is 8.79. The molecule has 10 heteroatoms. The standard InChI is InChI=1S/C23H14ClN5O2S2/c24-14-8-9-16-18(13-14)25-12-10-19(16)32-23-29-28-22(33-23)27-20(30)17-7-4-11-26-21(17)31-15-5-2-1-3-6-15/h1-13H,(H,27,28,30). The first kappa shape index (κ1) is 21.3. The number of halogens is 1. The number of benzene rings is 2. The molecule has 33 heavy (non-hydrogen) atoms. The van der Waals surface area contributed by atoms with E-state index in [1.807, 2.05) is 42.5 Å². The molecule has 2 aromatic carbocycles. The minimum Gasteiger partial charge on any atom is -0.438 e. The van der Waals surface area contributed by atoms with Crippen molar-refractivity contribution in [3.8, 4) is 11.6 Å². The molecule has 1 amide bonds. The maximum atomic E-state index is 12.9. The Bertz CT molecular complexity index is 1450. The predicted octanol–water partition coefficient (Wildman–Crippen LogP) is 6.33. The Balaban J connectivity index is 1.32. The summed E-state index contributed by atoms with van der Waals surface area (Å²) in [6, 6.07) is 20.0. The predicted molar refractivity (Wildman–Crippen MR) is 129 cm³/mol. The van der Waals surface area contributed by atoms with E-state index in [1.54, 1.807) is 36.7 Å². The number of ether oxygens (including phenoxy) is 1. The van der Waals surface area contributed by atoms with Crippen molar-refractivity contribution in [1.82, 2.24) is 20.2 Å². The van der Waals surface area contributed by atoms with Crippen molar-refractivity contribution < 1.29 is 9.53 Å². The van der Waals surface area contributed by atoms with Gasteiger partial charge in [-0.25, -0.2) is 4.98 Å². The minimum atomic E-state index is -0.384. The van der Waals surface area contributed by atoms with Crippen LogP contribution in [0.2, 0.25) is 5.02 Å². The molecule has 0 radical (unpaired) electrons. The van der Waals surface area contributed by atoms with Gasteiger partial charge in [0.15, 0.2) is 4.34 Å². The zero-order valence-corrected chi connectivity index (χ0v) is 19.2. The molecule has 0 atom stereocenters. The highest BCUT2D eigenvalue weighted by Crippen LogP contribution is 2.36. The second-order valence-electron chi connectivity index (χ2n) is 6.67. The Hall–Kier alpha value is -3.53. The van der Waals surface area contributed by atoms with Crippen molar-refractivity contribution >= 4 is 56.6 Å². The molecular formula is C23H14ClN5O2S2. The highest BCUT2D eigenvalue weighted by Gasteiger charge is 2.17. The third-order valence-electron chi connectivity index (χ3n) is 4.46. The van der Waals surface area contributed by atoms with E-state index < -0.39 is 0 Å². The van der Waals surface area contributed by atoms with E-state index >= 15 is 0 Å². The quantitative estimate of drug-likeness (QED) is 0.277. The lowest BCUT2D eigenvalue weighted by atomic mass is 10.2. The Morgan fingerprint density at radius 1 is 0.970 bits per heavy atom. The summed E-state index contributed by atoms with van der Waals surface area (Å²) in [6.07, 6.45) is 3.29. The number of carbonyl (C=O) groups is 1. The van der Waals surface area contributed by atoms with Crippen LogP contribution in [-0.4, -0.2) is 26.1 Å². The van der Waals surface area contributed by atoms with E-state index in [9.17, 15) is 4.79 Å². The number of hydrogen-bond acceptors (Lipinski definition) is 8. The molecule has 0 saturated heterocycles. The number of para-hydroxylation sites is 1. The van der Waals surface area contributed by atoms with Crippen LogP contribution >= 0.6 is 34.7 Å². The molecule has 0 saturated carbocycles. The number of rotatable bonds is 6. The molecule has 0 spiro atoms. The number of hydrogen-bond donors (Lipinski definition) is 1. The van der Waals surface area contributed by atoms with Gasteiger partial charge in [0.2, 0.25) is 11.0 Å². The second-order valence-corrected chi connectivity index (χ2v) is 9.37. The molecule has 1 N–H and O–H groups in total. The van der Waals surface area contributed by atoms with Gasteiger partial charge in [-0.2, -0.15) is 0 Å². The summed E-state index contributed by atoms with van der Waals surface area (Å²) in [4.78, 5) is 22.4. The van der Waals surface area contributed by atoms with Gasteiger partial charge in [-0.3, -0.25) is 15.1 Å². The Kier molecular flexibility index (Phi) is 6.16. The van der Waals surface area contributed by atoms with E-state index in [2.05, 4.69) is 25.5 Å². The number of aromatic nitrogens is 4. The van der Waals surface area contributed by atoms with Crippen molar-refractivity contribution in [2.75, 3.05) is 5.32 Å². The fourth-order valence-corrected chi connectivity index (χ4v) is 4.98. The lowest BCUT2D eigenvalue weighted by Gasteiger charge is -2.08. The second kappa shape index (κ2) is 9.53. The minimum absolute atomic E-state index is 0.210. The normalized spacial score (nSPS) is 10.8. The highest BCUT2D eigenvalue weighted by molar-refractivity contribution is 8.01. The Labute approximate surface area is 201 Å². The molecule has 5 aromatic rings. The van der Waals surface area contributed by atoms with Crippen LogP contribution in [-0.2, 0) is 0 Å². The molecule has 0 fully saturated rings. The molecule has 0 aliphatic rings. The van der Waals surface area contributed by atoms with Gasteiger partial charge in [-0.15, -0.1) is 10.2 Å². The average Bonchev–Trinajstić information content (AvgIpc) is 3.26. The van der Waals surface area contributed by atoms with Crippen LogP contribution in [0.1, 0.15) is 10.4 Å². The van der Waals surface area contributed by atoms with E-state index in [0.717, 1.165) is 15.8 Å². The van der Waals surface area contributed by atoms with Crippen LogP contribution in [0.4, 0.5) is 5.13 Å².